The SMILES string of the molecule is Nc1c(F)cc(F)cc1OCCOc1ccccc1. The van der Waals surface area contributed by atoms with Crippen LogP contribution in [0.15, 0.2) is 42.5 Å². The van der Waals surface area contributed by atoms with Crippen molar-refractivity contribution in [3.05, 3.63) is 54.1 Å². The van der Waals surface area contributed by atoms with Crippen molar-refractivity contribution < 1.29 is 18.3 Å². The fraction of sp³-hybridized carbons (Fsp3) is 0.143. The molecular weight excluding hydrogens is 252 g/mol. The van der Waals surface area contributed by atoms with Crippen LogP contribution < -0.4 is 15.2 Å². The fourth-order valence-electron chi connectivity index (χ4n) is 1.51. The van der Waals surface area contributed by atoms with Crippen molar-refractivity contribution in [2.24, 2.45) is 0 Å². The molecule has 5 heteroatoms. The Morgan fingerprint density at radius 3 is 2.37 bits per heavy atom. The smallest absolute Gasteiger partial charge is 0.152 e. The lowest BCUT2D eigenvalue weighted by atomic mass is 10.3. The van der Waals surface area contributed by atoms with Gasteiger partial charge in [0.1, 0.15) is 36.2 Å². The van der Waals surface area contributed by atoms with Gasteiger partial charge < -0.3 is 15.2 Å². The topological polar surface area (TPSA) is 44.5 Å². The van der Waals surface area contributed by atoms with Crippen molar-refractivity contribution in [1.82, 2.24) is 0 Å². The summed E-state index contributed by atoms with van der Waals surface area (Å²) in [6.45, 7) is 0.392. The van der Waals surface area contributed by atoms with Crippen LogP contribution >= 0.6 is 0 Å². The molecule has 0 radical (unpaired) electrons. The molecule has 0 bridgehead atoms. The number of hydrogen-bond donors (Lipinski definition) is 1. The van der Waals surface area contributed by atoms with Crippen LogP contribution in [-0.2, 0) is 0 Å². The van der Waals surface area contributed by atoms with Gasteiger partial charge in [-0.15, -0.1) is 0 Å². The van der Waals surface area contributed by atoms with Crippen LogP contribution in [-0.4, -0.2) is 13.2 Å². The van der Waals surface area contributed by atoms with Crippen LogP contribution in [0.25, 0.3) is 0 Å². The van der Waals surface area contributed by atoms with Crippen molar-refractivity contribution in [2.45, 2.75) is 0 Å². The summed E-state index contributed by atoms with van der Waals surface area (Å²) in [5.41, 5.74) is 5.23. The van der Waals surface area contributed by atoms with E-state index in [9.17, 15) is 8.78 Å². The largest absolute Gasteiger partial charge is 0.490 e. The molecule has 0 aliphatic heterocycles. The first-order chi connectivity index (χ1) is 9.16. The Morgan fingerprint density at radius 1 is 0.947 bits per heavy atom. The Hall–Kier alpha value is -2.30. The van der Waals surface area contributed by atoms with Crippen LogP contribution in [0.3, 0.4) is 0 Å². The third-order valence-corrected chi connectivity index (χ3v) is 2.41. The minimum atomic E-state index is -0.834. The molecule has 0 saturated carbocycles. The predicted octanol–water partition coefficient (Wildman–Crippen LogP) is 3.00. The van der Waals surface area contributed by atoms with E-state index in [0.29, 0.717) is 11.8 Å². The van der Waals surface area contributed by atoms with E-state index in [2.05, 4.69) is 0 Å². The Balaban J connectivity index is 1.86. The zero-order valence-corrected chi connectivity index (χ0v) is 10.1. The molecule has 2 N–H and O–H groups in total. The molecule has 0 fully saturated rings. The highest BCUT2D eigenvalue weighted by Gasteiger charge is 2.09. The number of para-hydroxylation sites is 1. The molecule has 2 aromatic rings. The van der Waals surface area contributed by atoms with Gasteiger partial charge in [-0.05, 0) is 12.1 Å². The van der Waals surface area contributed by atoms with Crippen molar-refractivity contribution in [3.63, 3.8) is 0 Å². The molecule has 0 atom stereocenters. The van der Waals surface area contributed by atoms with Crippen molar-refractivity contribution in [1.29, 1.82) is 0 Å². The summed E-state index contributed by atoms with van der Waals surface area (Å²) in [6, 6.07) is 10.9. The second-order valence-electron chi connectivity index (χ2n) is 3.81. The van der Waals surface area contributed by atoms with E-state index in [4.69, 9.17) is 15.2 Å². The normalized spacial score (nSPS) is 10.2. The minimum absolute atomic E-state index is 0.0193. The van der Waals surface area contributed by atoms with E-state index in [0.717, 1.165) is 6.07 Å². The van der Waals surface area contributed by atoms with Crippen LogP contribution in [0.5, 0.6) is 11.5 Å². The van der Waals surface area contributed by atoms with Gasteiger partial charge in [0.15, 0.2) is 5.82 Å². The summed E-state index contributed by atoms with van der Waals surface area (Å²) in [4.78, 5) is 0. The maximum Gasteiger partial charge on any atom is 0.152 e. The summed E-state index contributed by atoms with van der Waals surface area (Å²) >= 11 is 0. The van der Waals surface area contributed by atoms with Crippen molar-refractivity contribution in [3.8, 4) is 11.5 Å². The molecule has 0 heterocycles. The Bertz CT molecular complexity index is 547. The van der Waals surface area contributed by atoms with Crippen LogP contribution in [0.2, 0.25) is 0 Å². The lowest BCUT2D eigenvalue weighted by Gasteiger charge is -2.10. The fourth-order valence-corrected chi connectivity index (χ4v) is 1.51. The molecule has 0 aromatic heterocycles. The van der Waals surface area contributed by atoms with Gasteiger partial charge in [0.25, 0.3) is 0 Å². The number of halogens is 2. The third kappa shape index (κ3) is 3.58. The number of nitrogens with two attached hydrogens (primary N) is 1. The van der Waals surface area contributed by atoms with Gasteiger partial charge in [-0.2, -0.15) is 0 Å². The molecule has 0 unspecified atom stereocenters. The second kappa shape index (κ2) is 6.04. The summed E-state index contributed by atoms with van der Waals surface area (Å²) in [7, 11) is 0. The molecule has 100 valence electrons. The maximum atomic E-state index is 13.1. The maximum absolute atomic E-state index is 13.1. The second-order valence-corrected chi connectivity index (χ2v) is 3.81. The van der Waals surface area contributed by atoms with E-state index < -0.39 is 11.6 Å². The molecular formula is C14H13F2NO2. The summed E-state index contributed by atoms with van der Waals surface area (Å²) < 4.78 is 36.7. The lowest BCUT2D eigenvalue weighted by Crippen LogP contribution is -2.10. The predicted molar refractivity (Wildman–Crippen MR) is 68.2 cm³/mol. The first-order valence-corrected chi connectivity index (χ1v) is 5.72. The molecule has 0 spiro atoms. The van der Waals surface area contributed by atoms with Gasteiger partial charge >= 0.3 is 0 Å². The quantitative estimate of drug-likeness (QED) is 0.667. The van der Waals surface area contributed by atoms with E-state index in [1.165, 1.54) is 0 Å². The third-order valence-electron chi connectivity index (χ3n) is 2.41. The Kier molecular flexibility index (Phi) is 4.18. The molecule has 19 heavy (non-hydrogen) atoms. The van der Waals surface area contributed by atoms with Crippen LogP contribution in [0.4, 0.5) is 14.5 Å². The number of rotatable bonds is 5. The molecule has 2 aromatic carbocycles. The van der Waals surface area contributed by atoms with E-state index in [1.807, 2.05) is 18.2 Å². The standard InChI is InChI=1S/C14H13F2NO2/c15-10-8-12(16)14(17)13(9-10)19-7-6-18-11-4-2-1-3-5-11/h1-5,8-9H,6-7,17H2. The van der Waals surface area contributed by atoms with E-state index in [-0.39, 0.29) is 24.7 Å². The van der Waals surface area contributed by atoms with Gasteiger partial charge in [0.2, 0.25) is 0 Å². The summed E-state index contributed by atoms with van der Waals surface area (Å²) in [5, 5.41) is 0. The van der Waals surface area contributed by atoms with Crippen molar-refractivity contribution >= 4 is 5.69 Å². The highest BCUT2D eigenvalue weighted by atomic mass is 19.1. The summed E-state index contributed by atoms with van der Waals surface area (Å²) in [6.07, 6.45) is 0. The highest BCUT2D eigenvalue weighted by molar-refractivity contribution is 5.53. The monoisotopic (exact) mass is 265 g/mol. The van der Waals surface area contributed by atoms with Crippen LogP contribution in [0.1, 0.15) is 0 Å². The molecule has 0 aliphatic carbocycles. The first kappa shape index (κ1) is 13.1. The van der Waals surface area contributed by atoms with E-state index >= 15 is 0 Å². The van der Waals surface area contributed by atoms with Gasteiger partial charge in [0.05, 0.1) is 0 Å². The number of benzene rings is 2. The minimum Gasteiger partial charge on any atom is -0.490 e. The lowest BCUT2D eigenvalue weighted by molar-refractivity contribution is 0.217. The first-order valence-electron chi connectivity index (χ1n) is 5.72. The van der Waals surface area contributed by atoms with Crippen LogP contribution in [0, 0.1) is 11.6 Å². The molecule has 0 amide bonds. The Morgan fingerprint density at radius 2 is 1.63 bits per heavy atom. The molecule has 0 saturated heterocycles. The molecule has 3 nitrogen and oxygen atoms in total. The van der Waals surface area contributed by atoms with E-state index in [1.54, 1.807) is 12.1 Å². The number of ether oxygens (including phenoxy) is 2. The molecule has 0 aliphatic rings. The van der Waals surface area contributed by atoms with Gasteiger partial charge in [-0.3, -0.25) is 0 Å². The summed E-state index contributed by atoms with van der Waals surface area (Å²) in [5.74, 6) is -0.886. The van der Waals surface area contributed by atoms with Gasteiger partial charge in [-0.1, -0.05) is 18.2 Å². The molecule has 2 rings (SSSR count). The number of anilines is 1. The Labute approximate surface area is 109 Å². The van der Waals surface area contributed by atoms with Crippen molar-refractivity contribution in [2.75, 3.05) is 18.9 Å². The number of nitrogen functional groups attached to an aromatic ring is 1. The number of hydrogen-bond acceptors (Lipinski definition) is 3. The zero-order chi connectivity index (χ0) is 13.7. The van der Waals surface area contributed by atoms with Gasteiger partial charge in [-0.25, -0.2) is 8.78 Å². The average Bonchev–Trinajstić information content (AvgIpc) is 2.41. The zero-order valence-electron chi connectivity index (χ0n) is 10.1. The highest BCUT2D eigenvalue weighted by Crippen LogP contribution is 2.25. The average molecular weight is 265 g/mol. The van der Waals surface area contributed by atoms with Gasteiger partial charge in [0, 0.05) is 12.1 Å².